The molecule has 1 atom stereocenters. The van der Waals surface area contributed by atoms with E-state index in [4.69, 9.17) is 4.74 Å². The zero-order valence-electron chi connectivity index (χ0n) is 16.4. The summed E-state index contributed by atoms with van der Waals surface area (Å²) in [5.41, 5.74) is -2.10. The minimum absolute atomic E-state index is 0.0263. The average Bonchev–Trinajstić information content (AvgIpc) is 2.99. The summed E-state index contributed by atoms with van der Waals surface area (Å²) in [6.45, 7) is 0.885. The molecular weight excluding hydrogens is 399 g/mol. The van der Waals surface area contributed by atoms with Crippen molar-refractivity contribution in [3.05, 3.63) is 65.7 Å². The monoisotopic (exact) mass is 420 g/mol. The van der Waals surface area contributed by atoms with Gasteiger partial charge in [0.05, 0.1) is 19.2 Å². The molecule has 0 saturated heterocycles. The first-order valence-electron chi connectivity index (χ1n) is 9.19. The van der Waals surface area contributed by atoms with Gasteiger partial charge in [-0.15, -0.1) is 0 Å². The number of amides is 2. The Labute approximate surface area is 171 Å². The van der Waals surface area contributed by atoms with E-state index in [1.165, 1.54) is 7.11 Å². The molecule has 9 heteroatoms. The number of ether oxygens (including phenoxy) is 1. The molecule has 1 aliphatic heterocycles. The van der Waals surface area contributed by atoms with E-state index in [1.807, 2.05) is 0 Å². The van der Waals surface area contributed by atoms with Crippen molar-refractivity contribution in [2.24, 2.45) is 0 Å². The van der Waals surface area contributed by atoms with E-state index in [-0.39, 0.29) is 18.8 Å². The molecule has 0 aliphatic carbocycles. The number of carbonyl (C=O) groups is 2. The number of nitrogens with one attached hydrogen (secondary N) is 2. The summed E-state index contributed by atoms with van der Waals surface area (Å²) in [5, 5.41) is 1.78. The van der Waals surface area contributed by atoms with Crippen LogP contribution in [0.3, 0.4) is 0 Å². The molecule has 0 radical (unpaired) electrons. The molecule has 1 aliphatic rings. The van der Waals surface area contributed by atoms with Crippen LogP contribution in [0.2, 0.25) is 0 Å². The third kappa shape index (κ3) is 3.87. The first kappa shape index (κ1) is 21.4. The van der Waals surface area contributed by atoms with Crippen LogP contribution < -0.4 is 15.0 Å². The first-order valence-corrected chi connectivity index (χ1v) is 9.19. The lowest BCUT2D eigenvalue weighted by molar-refractivity contribution is -0.581. The number of amidine groups is 1. The molecule has 30 heavy (non-hydrogen) atoms. The van der Waals surface area contributed by atoms with Crippen molar-refractivity contribution >= 4 is 17.6 Å². The summed E-state index contributed by atoms with van der Waals surface area (Å²) in [5.74, 6) is -1.73. The highest BCUT2D eigenvalue weighted by molar-refractivity contribution is 6.11. The summed E-state index contributed by atoms with van der Waals surface area (Å²) in [4.78, 5) is 27.9. The van der Waals surface area contributed by atoms with Gasteiger partial charge in [-0.1, -0.05) is 36.4 Å². The zero-order valence-corrected chi connectivity index (χ0v) is 16.4. The second kappa shape index (κ2) is 8.17. The lowest BCUT2D eigenvalue weighted by atomic mass is 10.1. The largest absolute Gasteiger partial charge is 0.496 e. The quantitative estimate of drug-likeness (QED) is 0.733. The minimum Gasteiger partial charge on any atom is -0.496 e. The van der Waals surface area contributed by atoms with E-state index in [9.17, 15) is 22.8 Å². The molecule has 2 aromatic carbocycles. The minimum atomic E-state index is -5.06. The highest BCUT2D eigenvalue weighted by Gasteiger charge is 2.72. The molecule has 0 unspecified atom stereocenters. The molecule has 1 heterocycles. The Morgan fingerprint density at radius 1 is 1.13 bits per heavy atom. The summed E-state index contributed by atoms with van der Waals surface area (Å²) < 4.78 is 47.3. The highest BCUT2D eigenvalue weighted by Crippen LogP contribution is 2.30. The lowest BCUT2D eigenvalue weighted by Crippen LogP contribution is -2.96. The predicted molar refractivity (Wildman–Crippen MR) is 103 cm³/mol. The molecule has 0 saturated carbocycles. The van der Waals surface area contributed by atoms with Crippen molar-refractivity contribution in [2.45, 2.75) is 25.2 Å². The van der Waals surface area contributed by atoms with Crippen LogP contribution in [0.5, 0.6) is 5.75 Å². The van der Waals surface area contributed by atoms with Crippen molar-refractivity contribution in [1.82, 2.24) is 10.2 Å². The van der Waals surface area contributed by atoms with Crippen LogP contribution in [0.15, 0.2) is 54.6 Å². The van der Waals surface area contributed by atoms with E-state index in [2.05, 4.69) is 4.99 Å². The van der Waals surface area contributed by atoms with Crippen molar-refractivity contribution < 1.29 is 32.5 Å². The number of hydrogen-bond donors (Lipinski definition) is 2. The Morgan fingerprint density at radius 3 is 2.37 bits per heavy atom. The van der Waals surface area contributed by atoms with E-state index < -0.39 is 23.7 Å². The second-order valence-electron chi connectivity index (χ2n) is 6.79. The Morgan fingerprint density at radius 2 is 1.77 bits per heavy atom. The number of alkyl halides is 3. The van der Waals surface area contributed by atoms with Gasteiger partial charge in [0.15, 0.2) is 0 Å². The molecule has 3 rings (SSSR count). The number of rotatable bonds is 6. The van der Waals surface area contributed by atoms with Gasteiger partial charge < -0.3 is 4.74 Å². The topological polar surface area (TPSA) is 72.6 Å². The van der Waals surface area contributed by atoms with Crippen molar-refractivity contribution in [1.29, 1.82) is 0 Å². The smallest absolute Gasteiger partial charge is 0.465 e. The Kier molecular flexibility index (Phi) is 5.82. The molecular formula is C21H21F3N3O3+. The Hall–Kier alpha value is -3.36. The SMILES string of the molecule is COc1ccccc1CCN1C(=O)[C@@](NC(C)=O)(C(F)(F)F)[NH+]=C1c1ccccc1. The van der Waals surface area contributed by atoms with Crippen LogP contribution >= 0.6 is 0 Å². The van der Waals surface area contributed by atoms with Gasteiger partial charge in [0.1, 0.15) is 5.75 Å². The number of carbonyl (C=O) groups excluding carboxylic acids is 2. The van der Waals surface area contributed by atoms with Gasteiger partial charge in [-0.2, -0.15) is 18.1 Å². The van der Waals surface area contributed by atoms with E-state index in [1.54, 1.807) is 59.9 Å². The van der Waals surface area contributed by atoms with Crippen molar-refractivity contribution in [2.75, 3.05) is 13.7 Å². The van der Waals surface area contributed by atoms with Crippen molar-refractivity contribution in [3.63, 3.8) is 0 Å². The van der Waals surface area contributed by atoms with Gasteiger partial charge >= 0.3 is 17.7 Å². The van der Waals surface area contributed by atoms with Gasteiger partial charge in [-0.3, -0.25) is 10.1 Å². The van der Waals surface area contributed by atoms with Gasteiger partial charge in [-0.25, -0.2) is 9.79 Å². The molecule has 6 nitrogen and oxygen atoms in total. The number of methoxy groups -OCH3 is 1. The first-order chi connectivity index (χ1) is 14.2. The maximum atomic E-state index is 14.0. The van der Waals surface area contributed by atoms with Gasteiger partial charge in [0.2, 0.25) is 5.91 Å². The van der Waals surface area contributed by atoms with Crippen LogP contribution in [-0.4, -0.2) is 48.0 Å². The fraction of sp³-hybridized carbons (Fsp3) is 0.286. The average molecular weight is 420 g/mol. The fourth-order valence-electron chi connectivity index (χ4n) is 3.39. The number of benzene rings is 2. The molecule has 2 aromatic rings. The number of para-hydroxylation sites is 1. The number of nitrogens with zero attached hydrogens (tertiary/aromatic N) is 1. The fourth-order valence-corrected chi connectivity index (χ4v) is 3.39. The van der Waals surface area contributed by atoms with Crippen LogP contribution in [0.4, 0.5) is 13.2 Å². The predicted octanol–water partition coefficient (Wildman–Crippen LogP) is 1.00. The number of halogens is 3. The molecule has 0 spiro atoms. The third-order valence-electron chi connectivity index (χ3n) is 4.78. The Balaban J connectivity index is 2.03. The normalized spacial score (nSPS) is 18.9. The van der Waals surface area contributed by atoms with Crippen LogP contribution in [0, 0.1) is 0 Å². The standard InChI is InChI=1S/C21H20F3N3O3/c1-14(28)25-20(21(22,23)24)19(29)27(18(26-20)16-9-4-3-5-10-16)13-12-15-8-6-7-11-17(15)30-2/h3-11H,12-13H2,1-2H3,(H,25,28)/p+1/t20-/m0/s1. The van der Waals surface area contributed by atoms with E-state index in [0.717, 1.165) is 17.4 Å². The van der Waals surface area contributed by atoms with Crippen molar-refractivity contribution in [3.8, 4) is 5.75 Å². The summed E-state index contributed by atoms with van der Waals surface area (Å²) in [7, 11) is 1.49. The molecule has 0 fully saturated rings. The molecule has 2 N–H and O–H groups in total. The zero-order chi connectivity index (χ0) is 21.9. The van der Waals surface area contributed by atoms with Crippen LogP contribution in [0.25, 0.3) is 0 Å². The second-order valence-corrected chi connectivity index (χ2v) is 6.79. The molecule has 158 valence electrons. The lowest BCUT2D eigenvalue weighted by Gasteiger charge is -2.24. The maximum Gasteiger partial charge on any atom is 0.465 e. The maximum absolute atomic E-state index is 14.0. The van der Waals surface area contributed by atoms with E-state index in [0.29, 0.717) is 11.3 Å². The Bertz CT molecular complexity index is 976. The third-order valence-corrected chi connectivity index (χ3v) is 4.78. The molecule has 0 aromatic heterocycles. The molecule has 2 amide bonds. The summed E-state index contributed by atoms with van der Waals surface area (Å²) in [6, 6.07) is 15.3. The van der Waals surface area contributed by atoms with Crippen LogP contribution in [-0.2, 0) is 16.0 Å². The van der Waals surface area contributed by atoms with Crippen LogP contribution in [0.1, 0.15) is 18.1 Å². The highest BCUT2D eigenvalue weighted by atomic mass is 19.4. The van der Waals surface area contributed by atoms with E-state index >= 15 is 0 Å². The van der Waals surface area contributed by atoms with Gasteiger partial charge in [0, 0.05) is 13.3 Å². The summed E-state index contributed by atoms with van der Waals surface area (Å²) in [6.07, 6.45) is -4.81. The number of hydrogen-bond acceptors (Lipinski definition) is 3. The van der Waals surface area contributed by atoms with Gasteiger partial charge in [0.25, 0.3) is 5.84 Å². The summed E-state index contributed by atoms with van der Waals surface area (Å²) >= 11 is 0. The molecule has 0 bridgehead atoms. The van der Waals surface area contributed by atoms with Gasteiger partial charge in [-0.05, 0) is 23.8 Å².